The fraction of sp³-hybridized carbons (Fsp3) is 0. The highest BCUT2D eigenvalue weighted by Gasteiger charge is 2.19. The van der Waals surface area contributed by atoms with Gasteiger partial charge in [-0.3, -0.25) is 0 Å². The highest BCUT2D eigenvalue weighted by Crippen LogP contribution is 2.41. The summed E-state index contributed by atoms with van der Waals surface area (Å²) in [5.74, 6) is 4.19. The fourth-order valence-corrected chi connectivity index (χ4v) is 4.02. The predicted molar refractivity (Wildman–Crippen MR) is 173 cm³/mol. The second kappa shape index (κ2) is 15.1. The summed E-state index contributed by atoms with van der Waals surface area (Å²) in [5.41, 5.74) is 3.64. The molecule has 0 saturated carbocycles. The van der Waals surface area contributed by atoms with E-state index in [4.69, 9.17) is 18.9 Å². The van der Waals surface area contributed by atoms with Crippen LogP contribution in [0.5, 0.6) is 23.0 Å². The van der Waals surface area contributed by atoms with Crippen LogP contribution in [0.4, 0.5) is 0 Å². The van der Waals surface area contributed by atoms with Crippen LogP contribution in [-0.4, -0.2) is 23.9 Å². The number of carbonyl (C=O) groups is 4. The molecule has 0 atom stereocenters. The van der Waals surface area contributed by atoms with E-state index in [2.05, 4.69) is 38.2 Å². The summed E-state index contributed by atoms with van der Waals surface area (Å²) in [7, 11) is 0. The molecule has 0 aromatic heterocycles. The zero-order chi connectivity index (χ0) is 33.1. The molecule has 4 aromatic carbocycles. The molecule has 0 aliphatic carbocycles. The largest absolute Gasteiger partial charge is 0.423 e. The molecule has 0 spiro atoms. The molecular formula is C38H26O8. The van der Waals surface area contributed by atoms with Crippen molar-refractivity contribution >= 4 is 23.9 Å². The highest BCUT2D eigenvalue weighted by molar-refractivity contribution is 5.90. The van der Waals surface area contributed by atoms with Gasteiger partial charge in [-0.25, -0.2) is 19.2 Å². The zero-order valence-corrected chi connectivity index (χ0v) is 24.5. The maximum absolute atomic E-state index is 12.3. The van der Waals surface area contributed by atoms with Crippen LogP contribution in [-0.2, 0) is 19.2 Å². The first-order valence-corrected chi connectivity index (χ1v) is 13.6. The van der Waals surface area contributed by atoms with Gasteiger partial charge in [0, 0.05) is 35.4 Å². The maximum atomic E-state index is 12.3. The molecule has 0 radical (unpaired) electrons. The van der Waals surface area contributed by atoms with Crippen LogP contribution in [0.1, 0.15) is 11.1 Å². The molecule has 8 heteroatoms. The van der Waals surface area contributed by atoms with Crippen LogP contribution in [0.25, 0.3) is 22.3 Å². The number of carbonyl (C=O) groups excluding carboxylic acids is 4. The minimum Gasteiger partial charge on any atom is -0.423 e. The third-order valence-electron chi connectivity index (χ3n) is 6.16. The monoisotopic (exact) mass is 610 g/mol. The van der Waals surface area contributed by atoms with Crippen molar-refractivity contribution in [3.8, 4) is 57.1 Å². The molecular weight excluding hydrogens is 584 g/mol. The number of ether oxygens (including phenoxy) is 4. The summed E-state index contributed by atoms with van der Waals surface area (Å²) < 4.78 is 21.3. The van der Waals surface area contributed by atoms with E-state index in [1.54, 1.807) is 24.3 Å². The summed E-state index contributed by atoms with van der Waals surface area (Å²) in [6, 6.07) is 23.8. The first kappa shape index (κ1) is 32.2. The van der Waals surface area contributed by atoms with Crippen molar-refractivity contribution in [3.63, 3.8) is 0 Å². The molecule has 4 rings (SSSR count). The van der Waals surface area contributed by atoms with E-state index in [1.807, 2.05) is 36.4 Å². The number of hydrogen-bond donors (Lipinski definition) is 0. The Kier molecular flexibility index (Phi) is 10.6. The highest BCUT2D eigenvalue weighted by atomic mass is 16.6. The van der Waals surface area contributed by atoms with Gasteiger partial charge in [0.1, 0.15) is 23.0 Å². The van der Waals surface area contributed by atoms with Gasteiger partial charge in [0.2, 0.25) is 0 Å². The minimum atomic E-state index is -0.744. The molecule has 0 aliphatic rings. The van der Waals surface area contributed by atoms with E-state index >= 15 is 0 Å². The van der Waals surface area contributed by atoms with Crippen molar-refractivity contribution in [1.82, 2.24) is 0 Å². The van der Waals surface area contributed by atoms with Gasteiger partial charge in [-0.15, -0.1) is 0 Å². The number of esters is 4. The van der Waals surface area contributed by atoms with E-state index in [0.717, 1.165) is 35.4 Å². The molecule has 8 nitrogen and oxygen atoms in total. The molecule has 0 fully saturated rings. The van der Waals surface area contributed by atoms with Gasteiger partial charge in [0.25, 0.3) is 0 Å². The smallest absolute Gasteiger partial charge is 0.335 e. The van der Waals surface area contributed by atoms with Gasteiger partial charge in [-0.1, -0.05) is 74.6 Å². The Morgan fingerprint density at radius 1 is 0.457 bits per heavy atom. The van der Waals surface area contributed by atoms with Crippen molar-refractivity contribution in [2.45, 2.75) is 0 Å². The van der Waals surface area contributed by atoms with Gasteiger partial charge in [0.05, 0.1) is 5.56 Å². The molecule has 0 N–H and O–H groups in total. The lowest BCUT2D eigenvalue weighted by Gasteiger charge is -2.15. The Morgan fingerprint density at radius 3 is 1.22 bits per heavy atom. The third-order valence-corrected chi connectivity index (χ3v) is 6.16. The van der Waals surface area contributed by atoms with E-state index in [-0.39, 0.29) is 22.8 Å². The second-order valence-corrected chi connectivity index (χ2v) is 9.22. The van der Waals surface area contributed by atoms with Crippen LogP contribution in [0, 0.1) is 11.8 Å². The Balaban J connectivity index is 1.69. The van der Waals surface area contributed by atoms with Crippen LogP contribution in [0.2, 0.25) is 0 Å². The first-order chi connectivity index (χ1) is 22.2. The van der Waals surface area contributed by atoms with Crippen molar-refractivity contribution in [2.75, 3.05) is 0 Å². The standard InChI is InChI=1S/C38H26O8/c1-5-34(39)43-30-19-15-28(16-20-30)27-13-11-25(12-14-27)9-10-26-23-32(45-36(41)7-3)38(33(24-26)46-37(42)8-4)29-17-21-31(22-18-29)44-35(40)6-2/h5-8,11-24H,1-4H2. The average Bonchev–Trinajstić information content (AvgIpc) is 3.08. The number of rotatable bonds is 10. The number of hydrogen-bond acceptors (Lipinski definition) is 8. The molecule has 0 unspecified atom stereocenters. The molecule has 46 heavy (non-hydrogen) atoms. The topological polar surface area (TPSA) is 105 Å². The Hall–Kier alpha value is -6.72. The zero-order valence-electron chi connectivity index (χ0n) is 24.5. The number of benzene rings is 4. The normalized spacial score (nSPS) is 9.83. The Morgan fingerprint density at radius 2 is 0.804 bits per heavy atom. The summed E-state index contributed by atoms with van der Waals surface area (Å²) in [5, 5.41) is 0. The van der Waals surface area contributed by atoms with E-state index in [9.17, 15) is 19.2 Å². The minimum absolute atomic E-state index is 0.0527. The van der Waals surface area contributed by atoms with Gasteiger partial charge >= 0.3 is 23.9 Å². The molecule has 0 heterocycles. The van der Waals surface area contributed by atoms with Crippen LogP contribution in [0.15, 0.2) is 136 Å². The lowest BCUT2D eigenvalue weighted by atomic mass is 10.0. The fourth-order valence-electron chi connectivity index (χ4n) is 4.02. The lowest BCUT2D eigenvalue weighted by molar-refractivity contribution is -0.130. The SMILES string of the molecule is C=CC(=O)Oc1ccc(-c2ccc(C#Cc3cc(OC(=O)C=C)c(-c4ccc(OC(=O)C=C)cc4)c(OC(=O)C=C)c3)cc2)cc1. The van der Waals surface area contributed by atoms with E-state index in [0.29, 0.717) is 22.4 Å². The summed E-state index contributed by atoms with van der Waals surface area (Å²) in [4.78, 5) is 47.6. The summed E-state index contributed by atoms with van der Waals surface area (Å²) in [6.45, 7) is 13.7. The summed E-state index contributed by atoms with van der Waals surface area (Å²) in [6.07, 6.45) is 4.13. The van der Waals surface area contributed by atoms with Crippen molar-refractivity contribution in [1.29, 1.82) is 0 Å². The molecule has 0 bridgehead atoms. The van der Waals surface area contributed by atoms with Gasteiger partial charge in [0.15, 0.2) is 0 Å². The van der Waals surface area contributed by atoms with Gasteiger partial charge < -0.3 is 18.9 Å². The molecule has 0 saturated heterocycles. The predicted octanol–water partition coefficient (Wildman–Crippen LogP) is 6.79. The maximum Gasteiger partial charge on any atom is 0.335 e. The van der Waals surface area contributed by atoms with Crippen LogP contribution in [0.3, 0.4) is 0 Å². The van der Waals surface area contributed by atoms with Crippen molar-refractivity contribution in [2.24, 2.45) is 0 Å². The first-order valence-electron chi connectivity index (χ1n) is 13.6. The third kappa shape index (κ3) is 8.43. The van der Waals surface area contributed by atoms with Crippen LogP contribution < -0.4 is 18.9 Å². The van der Waals surface area contributed by atoms with E-state index in [1.165, 1.54) is 24.3 Å². The molecule has 0 amide bonds. The molecule has 0 aliphatic heterocycles. The Labute approximate surface area is 265 Å². The van der Waals surface area contributed by atoms with Crippen molar-refractivity contribution < 1.29 is 38.1 Å². The second-order valence-electron chi connectivity index (χ2n) is 9.22. The van der Waals surface area contributed by atoms with Gasteiger partial charge in [-0.05, 0) is 65.2 Å². The summed E-state index contributed by atoms with van der Waals surface area (Å²) >= 11 is 0. The van der Waals surface area contributed by atoms with E-state index < -0.39 is 23.9 Å². The van der Waals surface area contributed by atoms with Gasteiger partial charge in [-0.2, -0.15) is 0 Å². The van der Waals surface area contributed by atoms with Crippen LogP contribution >= 0.6 is 0 Å². The average molecular weight is 611 g/mol. The molecule has 226 valence electrons. The Bertz CT molecular complexity index is 1860. The van der Waals surface area contributed by atoms with Crippen molar-refractivity contribution in [3.05, 3.63) is 147 Å². The molecule has 4 aromatic rings. The quantitative estimate of drug-likeness (QED) is 0.0837. The lowest BCUT2D eigenvalue weighted by Crippen LogP contribution is -2.08.